The van der Waals surface area contributed by atoms with Crippen molar-refractivity contribution in [3.8, 4) is 0 Å². The Kier molecular flexibility index (Phi) is 5.35. The fraction of sp³-hybridized carbons (Fsp3) is 0.231. The summed E-state index contributed by atoms with van der Waals surface area (Å²) in [5.74, 6) is 0. The minimum atomic E-state index is -1.18. The minimum absolute atomic E-state index is 0.154. The smallest absolute Gasteiger partial charge is 0.348 e. The molecule has 150 valence electrons. The molecule has 4 unspecified atom stereocenters. The third kappa shape index (κ3) is 4.15. The van der Waals surface area contributed by atoms with Crippen LogP contribution in [-0.2, 0) is 32.0 Å². The zero-order valence-electron chi connectivity index (χ0n) is 16.6. The van der Waals surface area contributed by atoms with Gasteiger partial charge in [0.25, 0.3) is 0 Å². The zero-order valence-corrected chi connectivity index (χ0v) is 17.5. The average molecular weight is 415 g/mol. The number of ether oxygens (including phenoxy) is 2. The van der Waals surface area contributed by atoms with Crippen molar-refractivity contribution in [3.05, 3.63) is 120 Å². The van der Waals surface area contributed by atoms with Gasteiger partial charge in [0.15, 0.2) is 12.3 Å². The lowest BCUT2D eigenvalue weighted by Gasteiger charge is -2.09. The van der Waals surface area contributed by atoms with Crippen LogP contribution >= 0.6 is 7.80 Å². The Morgan fingerprint density at radius 3 is 1.87 bits per heavy atom. The normalized spacial score (nSPS) is 27.1. The Morgan fingerprint density at radius 1 is 0.767 bits per heavy atom. The molecule has 6 rings (SSSR count). The standard InChI is InChI=1S/C14H14OP.C12H10O2/c15-16(11-13-7-3-1-4-8-13)12-14-9-5-2-6-10-14;1-2-4-8(5-3-1)12-7-6-9-10(13-9)11(12)14-12/h1-10H,11-12H2;1-7,9-11H/q+1;. The SMILES string of the molecule is C1=CC2(c3ccccc3)OC2C2OC12.O=[P+](Cc1ccccc1)Cc1ccccc1. The van der Waals surface area contributed by atoms with E-state index in [9.17, 15) is 4.57 Å². The van der Waals surface area contributed by atoms with E-state index < -0.39 is 7.80 Å². The summed E-state index contributed by atoms with van der Waals surface area (Å²) < 4.78 is 23.2. The summed E-state index contributed by atoms with van der Waals surface area (Å²) in [7, 11) is -1.18. The number of benzene rings is 3. The Morgan fingerprint density at radius 2 is 1.30 bits per heavy atom. The first-order chi connectivity index (χ1) is 14.7. The van der Waals surface area contributed by atoms with Gasteiger partial charge in [0.1, 0.15) is 23.9 Å². The van der Waals surface area contributed by atoms with E-state index in [2.05, 4.69) is 36.4 Å². The van der Waals surface area contributed by atoms with Crippen LogP contribution in [-0.4, -0.2) is 18.3 Å². The van der Waals surface area contributed by atoms with Crippen LogP contribution in [0.2, 0.25) is 0 Å². The Balaban J connectivity index is 0.000000129. The van der Waals surface area contributed by atoms with Gasteiger partial charge in [-0.05, 0) is 22.8 Å². The van der Waals surface area contributed by atoms with Gasteiger partial charge in [-0.2, -0.15) is 0 Å². The molecule has 0 spiro atoms. The predicted molar refractivity (Wildman–Crippen MR) is 119 cm³/mol. The molecule has 0 amide bonds. The van der Waals surface area contributed by atoms with Gasteiger partial charge in [-0.25, -0.2) is 0 Å². The molecule has 30 heavy (non-hydrogen) atoms. The highest BCUT2D eigenvalue weighted by molar-refractivity contribution is 7.42. The number of hydrogen-bond acceptors (Lipinski definition) is 3. The molecule has 0 radical (unpaired) electrons. The Labute approximate surface area is 178 Å². The van der Waals surface area contributed by atoms with E-state index in [0.29, 0.717) is 24.5 Å². The highest BCUT2D eigenvalue weighted by atomic mass is 31.1. The van der Waals surface area contributed by atoms with Gasteiger partial charge in [0.2, 0.25) is 0 Å². The highest BCUT2D eigenvalue weighted by Gasteiger charge is 2.68. The van der Waals surface area contributed by atoms with Crippen LogP contribution in [0.5, 0.6) is 0 Å². The van der Waals surface area contributed by atoms with Crippen molar-refractivity contribution in [2.45, 2.75) is 36.2 Å². The average Bonchev–Trinajstić information content (AvgIpc) is 3.69. The third-order valence-corrected chi connectivity index (χ3v) is 7.14. The Hall–Kier alpha value is -2.58. The zero-order chi connectivity index (χ0) is 20.4. The summed E-state index contributed by atoms with van der Waals surface area (Å²) in [5, 5.41) is 0. The Bertz CT molecular complexity index is 992. The van der Waals surface area contributed by atoms with Gasteiger partial charge < -0.3 is 9.47 Å². The topological polar surface area (TPSA) is 42.1 Å². The summed E-state index contributed by atoms with van der Waals surface area (Å²) in [6.07, 6.45) is 6.54. The molecule has 4 heteroatoms. The van der Waals surface area contributed by atoms with Crippen molar-refractivity contribution in [2.24, 2.45) is 0 Å². The molecule has 0 saturated carbocycles. The van der Waals surface area contributed by atoms with E-state index in [1.54, 1.807) is 0 Å². The van der Waals surface area contributed by atoms with Crippen molar-refractivity contribution in [3.63, 3.8) is 0 Å². The van der Waals surface area contributed by atoms with Gasteiger partial charge in [-0.1, -0.05) is 102 Å². The molecule has 2 saturated heterocycles. The first-order valence-electron chi connectivity index (χ1n) is 10.3. The highest BCUT2D eigenvalue weighted by Crippen LogP contribution is 2.57. The summed E-state index contributed by atoms with van der Waals surface area (Å²) >= 11 is 0. The number of epoxide rings is 2. The van der Waals surface area contributed by atoms with Gasteiger partial charge in [0, 0.05) is 0 Å². The first-order valence-corrected chi connectivity index (χ1v) is 12.0. The van der Waals surface area contributed by atoms with E-state index in [0.717, 1.165) is 11.1 Å². The van der Waals surface area contributed by atoms with E-state index >= 15 is 0 Å². The van der Waals surface area contributed by atoms with Crippen molar-refractivity contribution in [1.82, 2.24) is 0 Å². The van der Waals surface area contributed by atoms with Gasteiger partial charge >= 0.3 is 7.80 Å². The molecule has 0 N–H and O–H groups in total. The molecule has 1 aliphatic carbocycles. The molecular weight excluding hydrogens is 391 g/mol. The number of hydrogen-bond donors (Lipinski definition) is 0. The summed E-state index contributed by atoms with van der Waals surface area (Å²) in [4.78, 5) is 0. The molecule has 0 aromatic heterocycles. The molecule has 2 aliphatic heterocycles. The quantitative estimate of drug-likeness (QED) is 0.299. The second-order valence-electron chi connectivity index (χ2n) is 7.89. The number of rotatable bonds is 5. The van der Waals surface area contributed by atoms with E-state index in [1.807, 2.05) is 66.7 Å². The van der Waals surface area contributed by atoms with Gasteiger partial charge in [0.05, 0.1) is 0 Å². The predicted octanol–water partition coefficient (Wildman–Crippen LogP) is 5.83. The summed E-state index contributed by atoms with van der Waals surface area (Å²) in [5.41, 5.74) is 3.40. The van der Waals surface area contributed by atoms with Crippen LogP contribution in [0.4, 0.5) is 0 Å². The minimum Gasteiger partial charge on any atom is -0.362 e. The molecule has 0 bridgehead atoms. The van der Waals surface area contributed by atoms with E-state index in [-0.39, 0.29) is 11.7 Å². The second-order valence-corrected chi connectivity index (χ2v) is 9.49. The summed E-state index contributed by atoms with van der Waals surface area (Å²) in [6, 6.07) is 30.4. The lowest BCUT2D eigenvalue weighted by atomic mass is 9.89. The molecular formula is C26H24O3P+. The molecule has 2 fully saturated rings. The van der Waals surface area contributed by atoms with Crippen LogP contribution in [0.25, 0.3) is 0 Å². The maximum Gasteiger partial charge on any atom is 0.348 e. The maximum absolute atomic E-state index is 11.9. The van der Waals surface area contributed by atoms with Crippen LogP contribution < -0.4 is 0 Å². The van der Waals surface area contributed by atoms with E-state index in [4.69, 9.17) is 9.47 Å². The molecule has 3 aliphatic rings. The lowest BCUT2D eigenvalue weighted by molar-refractivity contribution is 0.294. The van der Waals surface area contributed by atoms with Crippen molar-refractivity contribution < 1.29 is 14.0 Å². The second kappa shape index (κ2) is 8.28. The fourth-order valence-corrected chi connectivity index (χ4v) is 5.40. The third-order valence-electron chi connectivity index (χ3n) is 5.71. The van der Waals surface area contributed by atoms with Crippen molar-refractivity contribution in [1.29, 1.82) is 0 Å². The van der Waals surface area contributed by atoms with Crippen molar-refractivity contribution in [2.75, 3.05) is 0 Å². The van der Waals surface area contributed by atoms with Crippen molar-refractivity contribution >= 4 is 7.80 Å². The van der Waals surface area contributed by atoms with Crippen LogP contribution in [0.3, 0.4) is 0 Å². The lowest BCUT2D eigenvalue weighted by Crippen LogP contribution is -2.18. The number of fused-ring (bicyclic) bond motifs is 3. The van der Waals surface area contributed by atoms with Gasteiger partial charge in [-0.15, -0.1) is 0 Å². The first kappa shape index (κ1) is 19.4. The molecule has 3 aromatic rings. The van der Waals surface area contributed by atoms with E-state index in [1.165, 1.54) is 5.56 Å². The monoisotopic (exact) mass is 415 g/mol. The molecule has 3 aromatic carbocycles. The maximum atomic E-state index is 11.9. The fourth-order valence-electron chi connectivity index (χ4n) is 4.05. The van der Waals surface area contributed by atoms with Gasteiger partial charge in [-0.3, -0.25) is 0 Å². The van der Waals surface area contributed by atoms with Crippen LogP contribution in [0, 0.1) is 0 Å². The molecule has 3 nitrogen and oxygen atoms in total. The van der Waals surface area contributed by atoms with Crippen LogP contribution in [0.15, 0.2) is 103 Å². The summed E-state index contributed by atoms with van der Waals surface area (Å²) in [6.45, 7) is 0. The molecule has 2 heterocycles. The molecule has 4 atom stereocenters. The largest absolute Gasteiger partial charge is 0.362 e. The van der Waals surface area contributed by atoms with Crippen LogP contribution in [0.1, 0.15) is 16.7 Å².